The van der Waals surface area contributed by atoms with Crippen LogP contribution in [-0.4, -0.2) is 61.5 Å². The molecule has 2 amide bonds. The Bertz CT molecular complexity index is 1220. The average Bonchev–Trinajstić information content (AvgIpc) is 3.53. The van der Waals surface area contributed by atoms with E-state index in [2.05, 4.69) is 9.71 Å². The van der Waals surface area contributed by atoms with Crippen LogP contribution in [0, 0.1) is 0 Å². The van der Waals surface area contributed by atoms with E-state index in [1.54, 1.807) is 47.4 Å². The maximum Gasteiger partial charge on any atom is 0.285 e. The molecule has 32 heavy (non-hydrogen) atoms. The second kappa shape index (κ2) is 8.05. The highest BCUT2D eigenvalue weighted by atomic mass is 32.2. The van der Waals surface area contributed by atoms with Gasteiger partial charge in [0.15, 0.2) is 5.84 Å². The number of carbonyl (C=O) groups is 2. The van der Waals surface area contributed by atoms with Crippen molar-refractivity contribution in [3.63, 3.8) is 0 Å². The van der Waals surface area contributed by atoms with Gasteiger partial charge in [0, 0.05) is 36.4 Å². The Balaban J connectivity index is 1.35. The van der Waals surface area contributed by atoms with E-state index < -0.39 is 16.1 Å². The number of amidine groups is 1. The van der Waals surface area contributed by atoms with Crippen molar-refractivity contribution in [1.29, 1.82) is 0 Å². The van der Waals surface area contributed by atoms with Crippen LogP contribution in [0.4, 0.5) is 5.69 Å². The summed E-state index contributed by atoms with van der Waals surface area (Å²) < 4.78 is 28.9. The number of sulfonamides is 1. The zero-order valence-corrected chi connectivity index (χ0v) is 18.3. The Labute approximate surface area is 187 Å². The molecule has 3 aliphatic rings. The number of hydrogen-bond donors (Lipinski definition) is 1. The van der Waals surface area contributed by atoms with Gasteiger partial charge in [0.25, 0.3) is 15.9 Å². The quantitative estimate of drug-likeness (QED) is 0.771. The lowest BCUT2D eigenvalue weighted by Crippen LogP contribution is -2.43. The minimum atomic E-state index is -3.75. The zero-order chi connectivity index (χ0) is 22.3. The molecule has 166 valence electrons. The molecule has 0 saturated carbocycles. The smallest absolute Gasteiger partial charge is 0.285 e. The van der Waals surface area contributed by atoms with Gasteiger partial charge in [-0.1, -0.05) is 18.2 Å². The van der Waals surface area contributed by atoms with Gasteiger partial charge >= 0.3 is 0 Å². The van der Waals surface area contributed by atoms with E-state index in [4.69, 9.17) is 0 Å². The van der Waals surface area contributed by atoms with Crippen molar-refractivity contribution >= 4 is 33.4 Å². The van der Waals surface area contributed by atoms with Crippen LogP contribution in [-0.2, 0) is 14.8 Å². The summed E-state index contributed by atoms with van der Waals surface area (Å²) >= 11 is 0. The molecule has 8 nitrogen and oxygen atoms in total. The van der Waals surface area contributed by atoms with Crippen LogP contribution in [0.1, 0.15) is 41.6 Å². The van der Waals surface area contributed by atoms with E-state index in [0.717, 1.165) is 32.4 Å². The molecule has 9 heteroatoms. The zero-order valence-electron chi connectivity index (χ0n) is 17.5. The molecule has 2 aromatic carbocycles. The summed E-state index contributed by atoms with van der Waals surface area (Å²) in [4.78, 5) is 29.6. The Morgan fingerprint density at radius 3 is 2.56 bits per heavy atom. The molecule has 0 aliphatic carbocycles. The van der Waals surface area contributed by atoms with E-state index in [1.807, 2.05) is 4.90 Å². The highest BCUT2D eigenvalue weighted by Crippen LogP contribution is 2.31. The second-order valence-corrected chi connectivity index (χ2v) is 9.88. The van der Waals surface area contributed by atoms with Crippen LogP contribution >= 0.6 is 0 Å². The number of rotatable bonds is 3. The van der Waals surface area contributed by atoms with Crippen molar-refractivity contribution in [2.45, 2.75) is 36.6 Å². The van der Waals surface area contributed by atoms with Gasteiger partial charge in [-0.15, -0.1) is 4.40 Å². The summed E-state index contributed by atoms with van der Waals surface area (Å²) in [6.45, 7) is 2.08. The van der Waals surface area contributed by atoms with Crippen LogP contribution in [0.25, 0.3) is 0 Å². The van der Waals surface area contributed by atoms with Gasteiger partial charge in [0.05, 0.1) is 0 Å². The fraction of sp³-hybridized carbons (Fsp3) is 0.348. The summed E-state index contributed by atoms with van der Waals surface area (Å²) in [5, 5.41) is 2.91. The topological polar surface area (TPSA) is 99.2 Å². The van der Waals surface area contributed by atoms with E-state index in [9.17, 15) is 18.0 Å². The fourth-order valence-corrected chi connectivity index (χ4v) is 5.86. The van der Waals surface area contributed by atoms with Gasteiger partial charge in [-0.3, -0.25) is 9.59 Å². The highest BCUT2D eigenvalue weighted by Gasteiger charge is 2.39. The fourth-order valence-electron chi connectivity index (χ4n) is 4.65. The second-order valence-electron chi connectivity index (χ2n) is 8.31. The molecule has 1 atom stereocenters. The SMILES string of the molecule is O=C(Nc1cccc(C(=O)N2CCCC2)c1)[C@@H]1CCCN1C1=NS(=O)(=O)c2ccccc21. The Hall–Kier alpha value is -3.20. The molecule has 2 saturated heterocycles. The van der Waals surface area contributed by atoms with Crippen LogP contribution < -0.4 is 5.32 Å². The highest BCUT2D eigenvalue weighted by molar-refractivity contribution is 7.90. The summed E-state index contributed by atoms with van der Waals surface area (Å²) in [5.41, 5.74) is 1.63. The molecule has 0 aromatic heterocycles. The van der Waals surface area contributed by atoms with Crippen LogP contribution in [0.2, 0.25) is 0 Å². The lowest BCUT2D eigenvalue weighted by Gasteiger charge is -2.25. The number of fused-ring (bicyclic) bond motifs is 1. The molecule has 2 aromatic rings. The number of nitrogens with zero attached hydrogens (tertiary/aromatic N) is 3. The normalized spacial score (nSPS) is 21.4. The van der Waals surface area contributed by atoms with Gasteiger partial charge in [-0.05, 0) is 56.0 Å². The molecule has 0 unspecified atom stereocenters. The molecule has 2 fully saturated rings. The predicted octanol–water partition coefficient (Wildman–Crippen LogP) is 2.47. The standard InChI is InChI=1S/C23H24N4O4S/c28-22(24-17-8-5-7-16(15-17)23(29)26-12-3-4-13-26)19-10-6-14-27(19)21-18-9-1-2-11-20(18)32(30,31)25-21/h1-2,5,7-9,11,15,19H,3-4,6,10,12-14H2,(H,24,28)/t19-/m0/s1. The Morgan fingerprint density at radius 2 is 1.75 bits per heavy atom. The van der Waals surface area contributed by atoms with E-state index >= 15 is 0 Å². The van der Waals surface area contributed by atoms with Gasteiger partial charge < -0.3 is 15.1 Å². The largest absolute Gasteiger partial charge is 0.343 e. The maximum atomic E-state index is 13.1. The summed E-state index contributed by atoms with van der Waals surface area (Å²) in [6.07, 6.45) is 3.39. The first kappa shape index (κ1) is 20.7. The number of carbonyl (C=O) groups excluding carboxylic acids is 2. The Morgan fingerprint density at radius 1 is 0.969 bits per heavy atom. The molecule has 3 aliphatic heterocycles. The van der Waals surface area contributed by atoms with Gasteiger partial charge in [0.2, 0.25) is 5.91 Å². The molecule has 3 heterocycles. The van der Waals surface area contributed by atoms with E-state index in [-0.39, 0.29) is 16.7 Å². The van der Waals surface area contributed by atoms with Gasteiger partial charge in [0.1, 0.15) is 10.9 Å². The van der Waals surface area contributed by atoms with Crippen molar-refractivity contribution in [2.24, 2.45) is 4.40 Å². The van der Waals surface area contributed by atoms with Crippen LogP contribution in [0.5, 0.6) is 0 Å². The van der Waals surface area contributed by atoms with Crippen molar-refractivity contribution in [2.75, 3.05) is 25.0 Å². The van der Waals surface area contributed by atoms with Gasteiger partial charge in [-0.25, -0.2) is 0 Å². The molecular weight excluding hydrogens is 428 g/mol. The van der Waals surface area contributed by atoms with Gasteiger partial charge in [-0.2, -0.15) is 8.42 Å². The third-order valence-electron chi connectivity index (χ3n) is 6.21. The number of anilines is 1. The molecular formula is C23H24N4O4S. The lowest BCUT2D eigenvalue weighted by atomic mass is 10.1. The molecule has 5 rings (SSSR count). The minimum Gasteiger partial charge on any atom is -0.343 e. The summed E-state index contributed by atoms with van der Waals surface area (Å²) in [6, 6.07) is 13.1. The number of hydrogen-bond acceptors (Lipinski definition) is 5. The lowest BCUT2D eigenvalue weighted by molar-refractivity contribution is -0.119. The summed E-state index contributed by atoms with van der Waals surface area (Å²) in [5.74, 6) is 0.0668. The molecule has 1 N–H and O–H groups in total. The van der Waals surface area contributed by atoms with Crippen molar-refractivity contribution in [1.82, 2.24) is 9.80 Å². The van der Waals surface area contributed by atoms with Crippen molar-refractivity contribution in [3.05, 3.63) is 59.7 Å². The van der Waals surface area contributed by atoms with Crippen LogP contribution in [0.15, 0.2) is 57.8 Å². The third-order valence-corrected chi connectivity index (χ3v) is 7.54. The third kappa shape index (κ3) is 3.66. The molecule has 0 spiro atoms. The number of likely N-dealkylation sites (tertiary alicyclic amines) is 2. The van der Waals surface area contributed by atoms with Crippen molar-refractivity contribution < 1.29 is 18.0 Å². The Kier molecular flexibility index (Phi) is 5.21. The van der Waals surface area contributed by atoms with Crippen LogP contribution in [0.3, 0.4) is 0 Å². The first-order chi connectivity index (χ1) is 15.4. The first-order valence-electron chi connectivity index (χ1n) is 10.9. The monoisotopic (exact) mass is 452 g/mol. The van der Waals surface area contributed by atoms with E-state index in [1.165, 1.54) is 6.07 Å². The summed E-state index contributed by atoms with van der Waals surface area (Å²) in [7, 11) is -3.75. The number of nitrogens with one attached hydrogen (secondary N) is 1. The maximum absolute atomic E-state index is 13.1. The molecule has 0 radical (unpaired) electrons. The average molecular weight is 453 g/mol. The van der Waals surface area contributed by atoms with Crippen molar-refractivity contribution in [3.8, 4) is 0 Å². The number of amides is 2. The minimum absolute atomic E-state index is 0.0248. The predicted molar refractivity (Wildman–Crippen MR) is 120 cm³/mol. The van der Waals surface area contributed by atoms with E-state index in [0.29, 0.717) is 35.6 Å². The number of benzene rings is 2. The molecule has 0 bridgehead atoms. The first-order valence-corrected chi connectivity index (χ1v) is 12.3.